The van der Waals surface area contributed by atoms with Crippen molar-refractivity contribution in [2.75, 3.05) is 0 Å². The average molecular weight is 515 g/mol. The highest BCUT2D eigenvalue weighted by Crippen LogP contribution is 2.48. The van der Waals surface area contributed by atoms with Gasteiger partial charge in [-0.3, -0.25) is 0 Å². The van der Waals surface area contributed by atoms with Crippen LogP contribution in [-0.2, 0) is 12.8 Å². The van der Waals surface area contributed by atoms with E-state index >= 15 is 0 Å². The molecular formula is C30H30N2O2S2. The third kappa shape index (κ3) is 4.48. The molecule has 2 aromatic heterocycles. The number of ether oxygens (including phenoxy) is 2. The Kier molecular flexibility index (Phi) is 6.63. The fraction of sp³-hybridized carbons (Fsp3) is 0.333. The lowest BCUT2D eigenvalue weighted by atomic mass is 10.0. The van der Waals surface area contributed by atoms with Crippen molar-refractivity contribution in [3.05, 3.63) is 68.0 Å². The molecule has 4 aromatic rings. The van der Waals surface area contributed by atoms with Crippen molar-refractivity contribution < 1.29 is 9.47 Å². The largest absolute Gasteiger partial charge is 0.437 e. The van der Waals surface area contributed by atoms with Gasteiger partial charge in [0.15, 0.2) is 0 Å². The molecule has 2 aliphatic rings. The zero-order valence-corrected chi connectivity index (χ0v) is 22.4. The maximum atomic E-state index is 6.33. The predicted octanol–water partition coefficient (Wildman–Crippen LogP) is 9.37. The van der Waals surface area contributed by atoms with Gasteiger partial charge in [-0.15, -0.1) is 22.7 Å². The smallest absolute Gasteiger partial charge is 0.237 e. The van der Waals surface area contributed by atoms with Crippen molar-refractivity contribution in [3.63, 3.8) is 0 Å². The van der Waals surface area contributed by atoms with Crippen LogP contribution in [0.1, 0.15) is 71.9 Å². The molecule has 0 saturated carbocycles. The Morgan fingerprint density at radius 3 is 1.50 bits per heavy atom. The summed E-state index contributed by atoms with van der Waals surface area (Å²) in [6, 6.07) is 16.8. The number of aryl methyl sites for hydroxylation is 2. The average Bonchev–Trinajstić information content (AvgIpc) is 3.57. The number of unbranched alkanes of at least 4 members (excludes halogenated alkanes) is 4. The molecule has 0 aliphatic carbocycles. The molecule has 2 aliphatic heterocycles. The lowest BCUT2D eigenvalue weighted by Crippen LogP contribution is -2.14. The number of hydrogen-bond donors (Lipinski definition) is 0. The summed E-state index contributed by atoms with van der Waals surface area (Å²) in [6.45, 7) is 4.48. The minimum absolute atomic E-state index is 0.674. The third-order valence-corrected chi connectivity index (χ3v) is 8.96. The Morgan fingerprint density at radius 1 is 0.583 bits per heavy atom. The molecule has 4 nitrogen and oxygen atoms in total. The van der Waals surface area contributed by atoms with Crippen LogP contribution in [0.25, 0.3) is 10.8 Å². The van der Waals surface area contributed by atoms with Crippen molar-refractivity contribution in [1.82, 2.24) is 0 Å². The molecule has 0 N–H and O–H groups in total. The van der Waals surface area contributed by atoms with E-state index in [4.69, 9.17) is 19.5 Å². The highest BCUT2D eigenvalue weighted by molar-refractivity contribution is 7.14. The Morgan fingerprint density at radius 2 is 1.06 bits per heavy atom. The molecule has 36 heavy (non-hydrogen) atoms. The molecule has 4 heterocycles. The first-order valence-corrected chi connectivity index (χ1v) is 14.7. The molecule has 0 amide bonds. The summed E-state index contributed by atoms with van der Waals surface area (Å²) in [6.07, 6.45) is 9.70. The molecule has 0 saturated heterocycles. The molecule has 0 unspecified atom stereocenters. The first-order valence-electron chi connectivity index (χ1n) is 13.0. The summed E-state index contributed by atoms with van der Waals surface area (Å²) >= 11 is 3.56. The van der Waals surface area contributed by atoms with Gasteiger partial charge in [-0.05, 0) is 74.2 Å². The van der Waals surface area contributed by atoms with Crippen LogP contribution in [0, 0.1) is 0 Å². The van der Waals surface area contributed by atoms with E-state index in [1.165, 1.54) is 48.3 Å². The summed E-state index contributed by atoms with van der Waals surface area (Å²) in [5.74, 6) is 2.97. The summed E-state index contributed by atoms with van der Waals surface area (Å²) < 4.78 is 12.7. The zero-order valence-electron chi connectivity index (χ0n) is 20.8. The number of rotatable bonds is 10. The molecule has 0 fully saturated rings. The topological polar surface area (TPSA) is 43.2 Å². The van der Waals surface area contributed by atoms with Crippen LogP contribution in [-0.4, -0.2) is 11.8 Å². The van der Waals surface area contributed by atoms with Crippen LogP contribution in [0.4, 0.5) is 11.4 Å². The van der Waals surface area contributed by atoms with Gasteiger partial charge in [-0.2, -0.15) is 0 Å². The lowest BCUT2D eigenvalue weighted by Gasteiger charge is -2.22. The normalized spacial score (nSPS) is 13.8. The molecular weight excluding hydrogens is 484 g/mol. The zero-order chi connectivity index (χ0) is 24.5. The van der Waals surface area contributed by atoms with Gasteiger partial charge in [0.05, 0.1) is 31.9 Å². The number of hydrogen-bond acceptors (Lipinski definition) is 6. The van der Waals surface area contributed by atoms with Gasteiger partial charge in [-0.1, -0.05) is 39.5 Å². The Bertz CT molecular complexity index is 1370. The van der Waals surface area contributed by atoms with E-state index in [0.717, 1.165) is 56.2 Å². The van der Waals surface area contributed by atoms with Crippen molar-refractivity contribution >= 4 is 56.6 Å². The van der Waals surface area contributed by atoms with Crippen LogP contribution in [0.15, 0.2) is 58.5 Å². The Hall–Kier alpha value is -2.96. The van der Waals surface area contributed by atoms with Gasteiger partial charge < -0.3 is 9.47 Å². The number of nitrogens with zero attached hydrogens (tertiary/aromatic N) is 2. The Balaban J connectivity index is 1.30. The van der Waals surface area contributed by atoms with Crippen molar-refractivity contribution in [1.29, 1.82) is 0 Å². The molecule has 184 valence electrons. The molecule has 6 heteroatoms. The van der Waals surface area contributed by atoms with Gasteiger partial charge in [0.1, 0.15) is 11.5 Å². The van der Waals surface area contributed by atoms with Crippen LogP contribution in [0.5, 0.6) is 11.5 Å². The standard InChI is InChI=1S/C30H30N2O2S2/c1-3-5-7-9-19-11-17-25(35-19)29-31-21-13-16-24-28-22(14-15-23(33-29)27(21)28)32-30(34-24)26-18-12-20(36-26)10-8-6-4-2/h11-18H,3-10H2,1-2H3. The number of thiophene rings is 2. The highest BCUT2D eigenvalue weighted by Gasteiger charge is 2.26. The quantitative estimate of drug-likeness (QED) is 0.198. The highest BCUT2D eigenvalue weighted by atomic mass is 32.1. The molecule has 0 radical (unpaired) electrons. The van der Waals surface area contributed by atoms with E-state index in [1.807, 2.05) is 24.3 Å². The summed E-state index contributed by atoms with van der Waals surface area (Å²) in [4.78, 5) is 14.7. The van der Waals surface area contributed by atoms with Gasteiger partial charge in [0.25, 0.3) is 0 Å². The van der Waals surface area contributed by atoms with Gasteiger partial charge in [-0.25, -0.2) is 9.98 Å². The van der Waals surface area contributed by atoms with E-state index in [0.29, 0.717) is 11.8 Å². The van der Waals surface area contributed by atoms with Crippen LogP contribution in [0.2, 0.25) is 0 Å². The van der Waals surface area contributed by atoms with Gasteiger partial charge in [0, 0.05) is 9.75 Å². The van der Waals surface area contributed by atoms with E-state index in [9.17, 15) is 0 Å². The minimum Gasteiger partial charge on any atom is -0.437 e. The first kappa shape index (κ1) is 23.4. The second kappa shape index (κ2) is 10.2. The summed E-state index contributed by atoms with van der Waals surface area (Å²) in [7, 11) is 0. The van der Waals surface area contributed by atoms with Gasteiger partial charge in [0.2, 0.25) is 11.8 Å². The SMILES string of the molecule is CCCCCc1ccc(C2=Nc3ccc4c5c(ccc(c35)O2)N=C(c2ccc(CCCCC)s2)O4)s1. The van der Waals surface area contributed by atoms with E-state index in [-0.39, 0.29) is 0 Å². The Labute approximate surface area is 220 Å². The number of benzene rings is 2. The van der Waals surface area contributed by atoms with Crippen molar-refractivity contribution in [2.24, 2.45) is 9.98 Å². The molecule has 2 aromatic carbocycles. The molecule has 0 bridgehead atoms. The first-order chi connectivity index (χ1) is 17.7. The van der Waals surface area contributed by atoms with Gasteiger partial charge >= 0.3 is 0 Å². The lowest BCUT2D eigenvalue weighted by molar-refractivity contribution is 0.548. The molecule has 0 spiro atoms. The maximum absolute atomic E-state index is 6.33. The monoisotopic (exact) mass is 514 g/mol. The predicted molar refractivity (Wildman–Crippen MR) is 153 cm³/mol. The second-order valence-electron chi connectivity index (χ2n) is 9.40. The third-order valence-electron chi connectivity index (χ3n) is 6.70. The fourth-order valence-electron chi connectivity index (χ4n) is 4.79. The fourth-order valence-corrected chi connectivity index (χ4v) is 6.74. The van der Waals surface area contributed by atoms with E-state index < -0.39 is 0 Å². The van der Waals surface area contributed by atoms with Crippen molar-refractivity contribution in [2.45, 2.75) is 65.2 Å². The van der Waals surface area contributed by atoms with Crippen LogP contribution >= 0.6 is 22.7 Å². The minimum atomic E-state index is 0.674. The summed E-state index contributed by atoms with van der Waals surface area (Å²) in [5.41, 5.74) is 1.81. The molecule has 0 atom stereocenters. The van der Waals surface area contributed by atoms with Crippen molar-refractivity contribution in [3.8, 4) is 11.5 Å². The second-order valence-corrected chi connectivity index (χ2v) is 11.7. The molecule has 6 rings (SSSR count). The van der Waals surface area contributed by atoms with Crippen LogP contribution in [0.3, 0.4) is 0 Å². The van der Waals surface area contributed by atoms with E-state index in [2.05, 4.69) is 38.1 Å². The maximum Gasteiger partial charge on any atom is 0.237 e. The van der Waals surface area contributed by atoms with E-state index in [1.54, 1.807) is 22.7 Å². The van der Waals surface area contributed by atoms with Crippen LogP contribution < -0.4 is 9.47 Å². The number of aliphatic imine (C=N–C) groups is 2. The summed E-state index contributed by atoms with van der Waals surface area (Å²) in [5, 5.41) is 1.95.